The van der Waals surface area contributed by atoms with Crippen LogP contribution in [0.3, 0.4) is 0 Å². The van der Waals surface area contributed by atoms with Crippen molar-refractivity contribution in [3.8, 4) is 0 Å². The molecule has 1 heteroatoms. The fourth-order valence-electron chi connectivity index (χ4n) is 2.28. The van der Waals surface area contributed by atoms with Crippen molar-refractivity contribution in [3.05, 3.63) is 0 Å². The summed E-state index contributed by atoms with van der Waals surface area (Å²) in [6.45, 7) is 6.92. The van der Waals surface area contributed by atoms with Gasteiger partial charge in [0.1, 0.15) is 0 Å². The number of hydrogen-bond acceptors (Lipinski definition) is 1. The lowest BCUT2D eigenvalue weighted by Crippen LogP contribution is -2.24. The summed E-state index contributed by atoms with van der Waals surface area (Å²) >= 11 is 0. The van der Waals surface area contributed by atoms with Gasteiger partial charge in [0.2, 0.25) is 0 Å². The fraction of sp³-hybridized carbons (Fsp3) is 1.00. The lowest BCUT2D eigenvalue weighted by Gasteiger charge is -2.25. The Morgan fingerprint density at radius 1 is 1.45 bits per heavy atom. The molecule has 1 nitrogen and oxygen atoms in total. The quantitative estimate of drug-likeness (QED) is 0.529. The molecule has 0 amide bonds. The third-order valence-electron chi connectivity index (χ3n) is 3.51. The molecule has 1 aliphatic heterocycles. The van der Waals surface area contributed by atoms with Gasteiger partial charge in [-0.15, -0.1) is 0 Å². The number of rotatable bonds is 1. The maximum absolute atomic E-state index is 5.65. The molecule has 1 heterocycles. The van der Waals surface area contributed by atoms with E-state index < -0.39 is 0 Å². The van der Waals surface area contributed by atoms with Crippen molar-refractivity contribution in [1.82, 2.24) is 0 Å². The molecule has 1 unspecified atom stereocenters. The zero-order chi connectivity index (χ0) is 8.06. The molecule has 0 aromatic carbocycles. The van der Waals surface area contributed by atoms with Crippen LogP contribution >= 0.6 is 0 Å². The Labute approximate surface area is 69.1 Å². The van der Waals surface area contributed by atoms with Crippen LogP contribution in [0.4, 0.5) is 0 Å². The molecule has 3 atom stereocenters. The largest absolute Gasteiger partial charge is 0.366 e. The topological polar surface area (TPSA) is 12.5 Å². The first-order valence-electron chi connectivity index (χ1n) is 4.79. The SMILES string of the molecule is CC(C)[C@H]1CC[C@@]2(C)OC2C1. The van der Waals surface area contributed by atoms with Crippen molar-refractivity contribution in [2.24, 2.45) is 11.8 Å². The monoisotopic (exact) mass is 154 g/mol. The summed E-state index contributed by atoms with van der Waals surface area (Å²) in [6.07, 6.45) is 4.60. The van der Waals surface area contributed by atoms with Gasteiger partial charge in [-0.25, -0.2) is 0 Å². The average Bonchev–Trinajstić information content (AvgIpc) is 2.58. The Hall–Kier alpha value is -0.0400. The molecule has 0 spiro atoms. The van der Waals surface area contributed by atoms with Crippen molar-refractivity contribution in [2.75, 3.05) is 0 Å². The van der Waals surface area contributed by atoms with Gasteiger partial charge in [0.15, 0.2) is 0 Å². The van der Waals surface area contributed by atoms with Gasteiger partial charge in [0.05, 0.1) is 11.7 Å². The fourth-order valence-corrected chi connectivity index (χ4v) is 2.28. The predicted octanol–water partition coefficient (Wildman–Crippen LogP) is 2.60. The second-order valence-electron chi connectivity index (χ2n) is 4.70. The highest BCUT2D eigenvalue weighted by Gasteiger charge is 2.55. The zero-order valence-corrected chi connectivity index (χ0v) is 7.76. The van der Waals surface area contributed by atoms with Gasteiger partial charge >= 0.3 is 0 Å². The van der Waals surface area contributed by atoms with E-state index in [0.29, 0.717) is 11.7 Å². The Kier molecular flexibility index (Phi) is 1.54. The lowest BCUT2D eigenvalue weighted by molar-refractivity contribution is 0.275. The van der Waals surface area contributed by atoms with Crippen molar-refractivity contribution >= 4 is 0 Å². The van der Waals surface area contributed by atoms with Crippen molar-refractivity contribution in [3.63, 3.8) is 0 Å². The molecule has 2 aliphatic rings. The molecule has 0 N–H and O–H groups in total. The molecule has 11 heavy (non-hydrogen) atoms. The first-order chi connectivity index (χ1) is 5.12. The van der Waals surface area contributed by atoms with Crippen LogP contribution < -0.4 is 0 Å². The molecule has 2 fully saturated rings. The number of epoxide rings is 1. The first kappa shape index (κ1) is 7.60. The average molecular weight is 154 g/mol. The van der Waals surface area contributed by atoms with E-state index >= 15 is 0 Å². The van der Waals surface area contributed by atoms with E-state index in [1.54, 1.807) is 0 Å². The van der Waals surface area contributed by atoms with E-state index in [9.17, 15) is 0 Å². The van der Waals surface area contributed by atoms with Gasteiger partial charge in [-0.3, -0.25) is 0 Å². The van der Waals surface area contributed by atoms with Gasteiger partial charge in [-0.1, -0.05) is 13.8 Å². The van der Waals surface area contributed by atoms with Crippen LogP contribution in [0.2, 0.25) is 0 Å². The molecule has 1 saturated heterocycles. The van der Waals surface area contributed by atoms with E-state index in [-0.39, 0.29) is 0 Å². The maximum atomic E-state index is 5.65. The molecule has 0 radical (unpaired) electrons. The molecular weight excluding hydrogens is 136 g/mol. The molecule has 0 aromatic rings. The molecule has 1 saturated carbocycles. The van der Waals surface area contributed by atoms with E-state index in [1.165, 1.54) is 19.3 Å². The normalized spacial score (nSPS) is 49.1. The third kappa shape index (κ3) is 1.20. The Morgan fingerprint density at radius 3 is 2.73 bits per heavy atom. The summed E-state index contributed by atoms with van der Waals surface area (Å²) in [5.74, 6) is 1.78. The highest BCUT2D eigenvalue weighted by molar-refractivity contribution is 5.03. The van der Waals surface area contributed by atoms with Crippen LogP contribution in [0.15, 0.2) is 0 Å². The molecule has 64 valence electrons. The minimum Gasteiger partial charge on any atom is -0.366 e. The highest BCUT2D eigenvalue weighted by atomic mass is 16.6. The maximum Gasteiger partial charge on any atom is 0.0920 e. The first-order valence-corrected chi connectivity index (χ1v) is 4.79. The van der Waals surface area contributed by atoms with Crippen LogP contribution in [0, 0.1) is 11.8 Å². The summed E-state index contributed by atoms with van der Waals surface area (Å²) in [5.41, 5.74) is 0.311. The summed E-state index contributed by atoms with van der Waals surface area (Å²) in [7, 11) is 0. The number of fused-ring (bicyclic) bond motifs is 1. The van der Waals surface area contributed by atoms with Crippen LogP contribution in [-0.4, -0.2) is 11.7 Å². The summed E-state index contributed by atoms with van der Waals surface area (Å²) in [6, 6.07) is 0. The van der Waals surface area contributed by atoms with Crippen LogP contribution in [0.5, 0.6) is 0 Å². The summed E-state index contributed by atoms with van der Waals surface area (Å²) < 4.78 is 5.65. The molecule has 0 aromatic heterocycles. The minimum absolute atomic E-state index is 0.311. The third-order valence-corrected chi connectivity index (χ3v) is 3.51. The molecule has 1 aliphatic carbocycles. The Balaban J connectivity index is 1.93. The number of ether oxygens (including phenoxy) is 1. The Morgan fingerprint density at radius 2 is 2.18 bits per heavy atom. The van der Waals surface area contributed by atoms with Crippen molar-refractivity contribution < 1.29 is 4.74 Å². The number of hydrogen-bond donors (Lipinski definition) is 0. The van der Waals surface area contributed by atoms with Crippen molar-refractivity contribution in [2.45, 2.75) is 51.7 Å². The van der Waals surface area contributed by atoms with Gasteiger partial charge in [0.25, 0.3) is 0 Å². The summed E-state index contributed by atoms with van der Waals surface area (Å²) in [4.78, 5) is 0. The van der Waals surface area contributed by atoms with Gasteiger partial charge in [-0.2, -0.15) is 0 Å². The van der Waals surface area contributed by atoms with Crippen LogP contribution in [0.1, 0.15) is 40.0 Å². The minimum atomic E-state index is 0.311. The van der Waals surface area contributed by atoms with E-state index in [2.05, 4.69) is 20.8 Å². The standard InChI is InChI=1S/C10H18O/c1-7(2)8-4-5-10(3)9(6-8)11-10/h7-9H,4-6H2,1-3H3/t8-,9?,10+/m0/s1. The van der Waals surface area contributed by atoms with E-state index in [4.69, 9.17) is 4.74 Å². The lowest BCUT2D eigenvalue weighted by atomic mass is 9.78. The van der Waals surface area contributed by atoms with Gasteiger partial charge in [-0.05, 0) is 38.0 Å². The molecule has 0 bridgehead atoms. The van der Waals surface area contributed by atoms with E-state index in [1.807, 2.05) is 0 Å². The predicted molar refractivity (Wildman–Crippen MR) is 45.5 cm³/mol. The van der Waals surface area contributed by atoms with Crippen LogP contribution in [0.25, 0.3) is 0 Å². The smallest absolute Gasteiger partial charge is 0.0920 e. The van der Waals surface area contributed by atoms with Crippen molar-refractivity contribution in [1.29, 1.82) is 0 Å². The Bertz CT molecular complexity index is 164. The summed E-state index contributed by atoms with van der Waals surface area (Å²) in [5, 5.41) is 0. The second-order valence-corrected chi connectivity index (χ2v) is 4.70. The van der Waals surface area contributed by atoms with Gasteiger partial charge in [0, 0.05) is 0 Å². The highest BCUT2D eigenvalue weighted by Crippen LogP contribution is 2.50. The molecular formula is C10H18O. The van der Waals surface area contributed by atoms with E-state index in [0.717, 1.165) is 11.8 Å². The molecule has 2 rings (SSSR count). The second kappa shape index (κ2) is 2.22. The van der Waals surface area contributed by atoms with Crippen LogP contribution in [-0.2, 0) is 4.74 Å². The zero-order valence-electron chi connectivity index (χ0n) is 7.76. The van der Waals surface area contributed by atoms with Gasteiger partial charge < -0.3 is 4.74 Å².